The van der Waals surface area contributed by atoms with E-state index in [1.807, 2.05) is 0 Å². The van der Waals surface area contributed by atoms with Gasteiger partial charge in [-0.15, -0.1) is 0 Å². The Bertz CT molecular complexity index is 341. The maximum atomic E-state index is 13.2. The van der Waals surface area contributed by atoms with Crippen molar-refractivity contribution in [2.24, 2.45) is 0 Å². The summed E-state index contributed by atoms with van der Waals surface area (Å²) in [7, 11) is 0. The monoisotopic (exact) mass is 235 g/mol. The average Bonchev–Trinajstić information content (AvgIpc) is 2.23. The fourth-order valence-corrected chi connectivity index (χ4v) is 1.46. The summed E-state index contributed by atoms with van der Waals surface area (Å²) >= 11 is 0. The molecule has 0 heterocycles. The van der Waals surface area contributed by atoms with E-state index in [-0.39, 0.29) is 12.0 Å². The van der Waals surface area contributed by atoms with Gasteiger partial charge in [0, 0.05) is 0 Å². The molecule has 0 aliphatic carbocycles. The van der Waals surface area contributed by atoms with Crippen molar-refractivity contribution in [1.29, 1.82) is 0 Å². The van der Waals surface area contributed by atoms with Crippen molar-refractivity contribution < 1.29 is 17.6 Å². The predicted octanol–water partition coefficient (Wildman–Crippen LogP) is 2.75. The maximum absolute atomic E-state index is 13.2. The minimum atomic E-state index is -2.61. The molecule has 1 N–H and O–H groups in total. The molecule has 1 nitrogen and oxygen atoms in total. The number of benzene rings is 1. The van der Waals surface area contributed by atoms with Gasteiger partial charge in [-0.25, -0.2) is 17.6 Å². The van der Waals surface area contributed by atoms with Crippen molar-refractivity contribution in [3.63, 3.8) is 0 Å². The number of alkyl halides is 2. The van der Waals surface area contributed by atoms with Gasteiger partial charge >= 0.3 is 0 Å². The number of halogens is 4. The molecule has 90 valence electrons. The Morgan fingerprint density at radius 3 is 2.50 bits per heavy atom. The molecular formula is C11H13F4N. The number of rotatable bonds is 5. The van der Waals surface area contributed by atoms with Crippen molar-refractivity contribution in [3.8, 4) is 0 Å². The molecule has 0 spiro atoms. The second-order valence-electron chi connectivity index (χ2n) is 3.42. The molecule has 1 rings (SSSR count). The van der Waals surface area contributed by atoms with Crippen molar-refractivity contribution in [2.75, 3.05) is 6.54 Å². The Labute approximate surface area is 91.5 Å². The number of likely N-dealkylation sites (N-methyl/N-ethyl adjacent to an activating group) is 1. The van der Waals surface area contributed by atoms with E-state index in [0.717, 1.165) is 6.07 Å². The third-order valence-electron chi connectivity index (χ3n) is 2.24. The van der Waals surface area contributed by atoms with E-state index >= 15 is 0 Å². The van der Waals surface area contributed by atoms with Crippen LogP contribution >= 0.6 is 0 Å². The van der Waals surface area contributed by atoms with Crippen LogP contribution in [0.1, 0.15) is 12.5 Å². The van der Waals surface area contributed by atoms with E-state index in [4.69, 9.17) is 0 Å². The quantitative estimate of drug-likeness (QED) is 0.774. The molecule has 1 aromatic carbocycles. The van der Waals surface area contributed by atoms with Crippen molar-refractivity contribution in [1.82, 2.24) is 5.32 Å². The van der Waals surface area contributed by atoms with Crippen LogP contribution in [-0.2, 0) is 6.42 Å². The molecule has 0 aromatic heterocycles. The standard InChI is InChI=1S/C11H13F4N/c1-2-16-9(11(14)15)6-7-4-3-5-8(12)10(7)13/h3-5,9,11,16H,2,6H2,1H3. The number of hydrogen-bond donors (Lipinski definition) is 1. The molecule has 0 aliphatic rings. The van der Waals surface area contributed by atoms with E-state index in [2.05, 4.69) is 5.32 Å². The van der Waals surface area contributed by atoms with Crippen LogP contribution in [0.2, 0.25) is 0 Å². The molecule has 0 aliphatic heterocycles. The van der Waals surface area contributed by atoms with E-state index in [1.165, 1.54) is 12.1 Å². The van der Waals surface area contributed by atoms with Crippen molar-refractivity contribution >= 4 is 0 Å². The largest absolute Gasteiger partial charge is 0.309 e. The van der Waals surface area contributed by atoms with Crippen LogP contribution in [0.25, 0.3) is 0 Å². The van der Waals surface area contributed by atoms with E-state index in [0.29, 0.717) is 6.54 Å². The highest BCUT2D eigenvalue weighted by atomic mass is 19.3. The van der Waals surface area contributed by atoms with E-state index in [9.17, 15) is 17.6 Å². The van der Waals surface area contributed by atoms with Gasteiger partial charge in [-0.3, -0.25) is 0 Å². The summed E-state index contributed by atoms with van der Waals surface area (Å²) < 4.78 is 51.1. The summed E-state index contributed by atoms with van der Waals surface area (Å²) in [4.78, 5) is 0. The zero-order chi connectivity index (χ0) is 12.1. The van der Waals surface area contributed by atoms with Crippen LogP contribution in [-0.4, -0.2) is 19.0 Å². The first-order valence-electron chi connectivity index (χ1n) is 5.00. The molecule has 0 amide bonds. The van der Waals surface area contributed by atoms with Crippen molar-refractivity contribution in [2.45, 2.75) is 25.8 Å². The number of hydrogen-bond acceptors (Lipinski definition) is 1. The van der Waals surface area contributed by atoms with Crippen LogP contribution in [0.4, 0.5) is 17.6 Å². The molecule has 1 aromatic rings. The third-order valence-corrected chi connectivity index (χ3v) is 2.24. The summed E-state index contributed by atoms with van der Waals surface area (Å²) in [5.41, 5.74) is -0.0359. The van der Waals surface area contributed by atoms with Gasteiger partial charge in [0.2, 0.25) is 0 Å². The molecule has 16 heavy (non-hydrogen) atoms. The average molecular weight is 235 g/mol. The molecule has 0 saturated carbocycles. The molecule has 5 heteroatoms. The SMILES string of the molecule is CCNC(Cc1cccc(F)c1F)C(F)F. The third kappa shape index (κ3) is 3.20. The highest BCUT2D eigenvalue weighted by Crippen LogP contribution is 2.15. The predicted molar refractivity (Wildman–Crippen MR) is 53.5 cm³/mol. The lowest BCUT2D eigenvalue weighted by molar-refractivity contribution is 0.0986. The van der Waals surface area contributed by atoms with Gasteiger partial charge in [-0.05, 0) is 24.6 Å². The van der Waals surface area contributed by atoms with Crippen molar-refractivity contribution in [3.05, 3.63) is 35.4 Å². The summed E-state index contributed by atoms with van der Waals surface area (Å²) in [5, 5.41) is 2.54. The molecule has 0 fully saturated rings. The van der Waals surface area contributed by atoms with Crippen LogP contribution in [0, 0.1) is 11.6 Å². The van der Waals surface area contributed by atoms with Gasteiger partial charge in [-0.1, -0.05) is 19.1 Å². The zero-order valence-electron chi connectivity index (χ0n) is 8.81. The highest BCUT2D eigenvalue weighted by Gasteiger charge is 2.21. The van der Waals surface area contributed by atoms with Crippen LogP contribution < -0.4 is 5.32 Å². The molecule has 0 saturated heterocycles. The molecule has 0 radical (unpaired) electrons. The van der Waals surface area contributed by atoms with Gasteiger partial charge in [0.25, 0.3) is 6.43 Å². The lowest BCUT2D eigenvalue weighted by Crippen LogP contribution is -2.37. The normalized spacial score (nSPS) is 13.1. The molecular weight excluding hydrogens is 222 g/mol. The topological polar surface area (TPSA) is 12.0 Å². The first-order valence-corrected chi connectivity index (χ1v) is 5.00. The first-order chi connectivity index (χ1) is 7.56. The van der Waals surface area contributed by atoms with Gasteiger partial charge in [0.1, 0.15) is 0 Å². The van der Waals surface area contributed by atoms with Crippen LogP contribution in [0.3, 0.4) is 0 Å². The zero-order valence-corrected chi connectivity index (χ0v) is 8.81. The first kappa shape index (κ1) is 13.0. The molecule has 1 unspecified atom stereocenters. The number of nitrogens with one attached hydrogen (secondary N) is 1. The summed E-state index contributed by atoms with van der Waals surface area (Å²) in [5.74, 6) is -2.06. The summed E-state index contributed by atoms with van der Waals surface area (Å²) in [6.45, 7) is 2.03. The Morgan fingerprint density at radius 2 is 1.94 bits per heavy atom. The maximum Gasteiger partial charge on any atom is 0.254 e. The Morgan fingerprint density at radius 1 is 1.25 bits per heavy atom. The summed E-state index contributed by atoms with van der Waals surface area (Å²) in [6.07, 6.45) is -2.84. The molecule has 1 atom stereocenters. The second kappa shape index (κ2) is 5.84. The smallest absolute Gasteiger partial charge is 0.254 e. The van der Waals surface area contributed by atoms with Crippen LogP contribution in [0.5, 0.6) is 0 Å². The minimum Gasteiger partial charge on any atom is -0.309 e. The fraction of sp³-hybridized carbons (Fsp3) is 0.455. The minimum absolute atomic E-state index is 0.0359. The lowest BCUT2D eigenvalue weighted by atomic mass is 10.1. The van der Waals surface area contributed by atoms with Gasteiger partial charge < -0.3 is 5.32 Å². The van der Waals surface area contributed by atoms with Gasteiger partial charge in [0.05, 0.1) is 6.04 Å². The van der Waals surface area contributed by atoms with Gasteiger partial charge in [0.15, 0.2) is 11.6 Å². The van der Waals surface area contributed by atoms with E-state index < -0.39 is 24.1 Å². The van der Waals surface area contributed by atoms with Crippen LogP contribution in [0.15, 0.2) is 18.2 Å². The Kier molecular flexibility index (Phi) is 4.73. The Balaban J connectivity index is 2.81. The second-order valence-corrected chi connectivity index (χ2v) is 3.42. The lowest BCUT2D eigenvalue weighted by Gasteiger charge is -2.17. The highest BCUT2D eigenvalue weighted by molar-refractivity contribution is 5.20. The molecule has 0 bridgehead atoms. The summed E-state index contributed by atoms with van der Waals surface area (Å²) in [6, 6.07) is 2.43. The Hall–Kier alpha value is -1.10. The van der Waals surface area contributed by atoms with Gasteiger partial charge in [-0.2, -0.15) is 0 Å². The van der Waals surface area contributed by atoms with E-state index in [1.54, 1.807) is 6.92 Å². The fourth-order valence-electron chi connectivity index (χ4n) is 1.46.